The van der Waals surface area contributed by atoms with E-state index < -0.39 is 17.8 Å². The molecule has 0 aromatic carbocycles. The van der Waals surface area contributed by atoms with Crippen LogP contribution in [0.4, 0.5) is 5.69 Å². The number of rotatable bonds is 6. The van der Waals surface area contributed by atoms with Gasteiger partial charge >= 0.3 is 5.97 Å². The van der Waals surface area contributed by atoms with Gasteiger partial charge in [-0.15, -0.1) is 0 Å². The summed E-state index contributed by atoms with van der Waals surface area (Å²) in [6.07, 6.45) is 1.98. The molecule has 1 amide bonds. The van der Waals surface area contributed by atoms with E-state index in [1.807, 2.05) is 0 Å². The molecular formula is C11H15N3O3. The van der Waals surface area contributed by atoms with E-state index >= 15 is 0 Å². The number of carbonyl (C=O) groups excluding carboxylic acids is 1. The minimum Gasteiger partial charge on any atom is -0.481 e. The van der Waals surface area contributed by atoms with Crippen molar-refractivity contribution in [2.45, 2.75) is 13.3 Å². The van der Waals surface area contributed by atoms with Crippen molar-refractivity contribution in [2.75, 3.05) is 11.9 Å². The Hall–Kier alpha value is -2.11. The molecule has 92 valence electrons. The summed E-state index contributed by atoms with van der Waals surface area (Å²) in [6.45, 7) is 2.15. The molecule has 0 saturated heterocycles. The molecule has 1 unspecified atom stereocenters. The lowest BCUT2D eigenvalue weighted by Crippen LogP contribution is -2.16. The van der Waals surface area contributed by atoms with Crippen molar-refractivity contribution in [2.24, 2.45) is 11.7 Å². The monoisotopic (exact) mass is 237 g/mol. The van der Waals surface area contributed by atoms with Crippen LogP contribution in [0.1, 0.15) is 23.8 Å². The zero-order valence-electron chi connectivity index (χ0n) is 9.51. The number of hydrogen-bond acceptors (Lipinski definition) is 4. The molecule has 1 heterocycles. The summed E-state index contributed by atoms with van der Waals surface area (Å²) in [7, 11) is 0. The van der Waals surface area contributed by atoms with Crippen molar-refractivity contribution < 1.29 is 14.7 Å². The molecule has 17 heavy (non-hydrogen) atoms. The lowest BCUT2D eigenvalue weighted by Gasteiger charge is -2.09. The fourth-order valence-electron chi connectivity index (χ4n) is 1.23. The summed E-state index contributed by atoms with van der Waals surface area (Å²) in [6, 6.07) is 3.23. The molecule has 1 atom stereocenters. The molecule has 1 rings (SSSR count). The zero-order valence-corrected chi connectivity index (χ0v) is 9.51. The predicted octanol–water partition coefficient (Wildman–Crippen LogP) is 0.703. The number of nitrogens with one attached hydrogen (secondary N) is 1. The van der Waals surface area contributed by atoms with Gasteiger partial charge in [-0.3, -0.25) is 14.6 Å². The average molecular weight is 237 g/mol. The Morgan fingerprint density at radius 2 is 2.29 bits per heavy atom. The Kier molecular flexibility index (Phi) is 4.45. The van der Waals surface area contributed by atoms with Crippen LogP contribution in [0.25, 0.3) is 0 Å². The second-order valence-electron chi connectivity index (χ2n) is 3.75. The number of hydrogen-bond donors (Lipinski definition) is 3. The molecular weight excluding hydrogens is 222 g/mol. The number of nitrogens with zero attached hydrogens (tertiary/aromatic N) is 1. The van der Waals surface area contributed by atoms with E-state index in [1.54, 1.807) is 13.0 Å². The zero-order chi connectivity index (χ0) is 12.8. The van der Waals surface area contributed by atoms with E-state index in [-0.39, 0.29) is 5.69 Å². The number of carboxylic acids is 1. The van der Waals surface area contributed by atoms with Crippen molar-refractivity contribution in [3.8, 4) is 0 Å². The summed E-state index contributed by atoms with van der Waals surface area (Å²) >= 11 is 0. The van der Waals surface area contributed by atoms with Gasteiger partial charge in [0.25, 0.3) is 5.91 Å². The van der Waals surface area contributed by atoms with Crippen molar-refractivity contribution in [3.05, 3.63) is 24.0 Å². The van der Waals surface area contributed by atoms with Crippen LogP contribution >= 0.6 is 0 Å². The van der Waals surface area contributed by atoms with Gasteiger partial charge in [-0.25, -0.2) is 0 Å². The van der Waals surface area contributed by atoms with E-state index in [0.717, 1.165) is 0 Å². The third-order valence-corrected chi connectivity index (χ3v) is 2.34. The van der Waals surface area contributed by atoms with Crippen LogP contribution in [0.15, 0.2) is 18.3 Å². The van der Waals surface area contributed by atoms with Gasteiger partial charge in [0.1, 0.15) is 5.69 Å². The topological polar surface area (TPSA) is 105 Å². The molecule has 1 aromatic heterocycles. The highest BCUT2D eigenvalue weighted by molar-refractivity contribution is 5.91. The second kappa shape index (κ2) is 5.83. The van der Waals surface area contributed by atoms with Crippen LogP contribution in [0.2, 0.25) is 0 Å². The van der Waals surface area contributed by atoms with Crippen LogP contribution in [0.3, 0.4) is 0 Å². The summed E-state index contributed by atoms with van der Waals surface area (Å²) in [5, 5.41) is 11.7. The average Bonchev–Trinajstić information content (AvgIpc) is 2.29. The smallest absolute Gasteiger partial charge is 0.306 e. The lowest BCUT2D eigenvalue weighted by atomic mass is 10.1. The van der Waals surface area contributed by atoms with Crippen molar-refractivity contribution in [1.29, 1.82) is 0 Å². The first kappa shape index (κ1) is 13.0. The van der Waals surface area contributed by atoms with E-state index in [2.05, 4.69) is 10.3 Å². The highest BCUT2D eigenvalue weighted by atomic mass is 16.4. The highest BCUT2D eigenvalue weighted by Gasteiger charge is 2.10. The number of aliphatic carboxylic acids is 1. The van der Waals surface area contributed by atoms with Crippen molar-refractivity contribution in [1.82, 2.24) is 4.98 Å². The van der Waals surface area contributed by atoms with E-state index in [0.29, 0.717) is 18.7 Å². The lowest BCUT2D eigenvalue weighted by molar-refractivity contribution is -0.141. The number of amides is 1. The van der Waals surface area contributed by atoms with E-state index in [9.17, 15) is 9.59 Å². The Bertz CT molecular complexity index is 420. The minimum atomic E-state index is -0.820. The molecule has 1 aromatic rings. The summed E-state index contributed by atoms with van der Waals surface area (Å²) in [5.41, 5.74) is 5.97. The maximum atomic E-state index is 10.9. The highest BCUT2D eigenvalue weighted by Crippen LogP contribution is 2.09. The number of carboxylic acid groups (broad SMARTS) is 1. The van der Waals surface area contributed by atoms with Gasteiger partial charge in [0, 0.05) is 18.4 Å². The van der Waals surface area contributed by atoms with Gasteiger partial charge in [0.2, 0.25) is 0 Å². The molecule has 0 saturated carbocycles. The van der Waals surface area contributed by atoms with E-state index in [1.165, 1.54) is 12.3 Å². The number of pyridine rings is 1. The Morgan fingerprint density at radius 3 is 2.88 bits per heavy atom. The molecule has 6 nitrogen and oxygen atoms in total. The van der Waals surface area contributed by atoms with Crippen LogP contribution in [0.5, 0.6) is 0 Å². The number of primary amides is 1. The SMILES string of the molecule is CC(CCNc1ccnc(C(N)=O)c1)C(=O)O. The fourth-order valence-corrected chi connectivity index (χ4v) is 1.23. The molecule has 0 fully saturated rings. The molecule has 0 aliphatic heterocycles. The van der Waals surface area contributed by atoms with Gasteiger partial charge in [-0.2, -0.15) is 0 Å². The van der Waals surface area contributed by atoms with Crippen molar-refractivity contribution in [3.63, 3.8) is 0 Å². The largest absolute Gasteiger partial charge is 0.481 e. The Morgan fingerprint density at radius 1 is 1.59 bits per heavy atom. The van der Waals surface area contributed by atoms with Gasteiger partial charge in [0.05, 0.1) is 5.92 Å². The van der Waals surface area contributed by atoms with Gasteiger partial charge in [-0.1, -0.05) is 6.92 Å². The molecule has 0 aliphatic carbocycles. The summed E-state index contributed by atoms with van der Waals surface area (Å²) in [5.74, 6) is -1.81. The van der Waals surface area contributed by atoms with Crippen LogP contribution in [0, 0.1) is 5.92 Å². The molecule has 0 radical (unpaired) electrons. The second-order valence-corrected chi connectivity index (χ2v) is 3.75. The number of carbonyl (C=O) groups is 2. The van der Waals surface area contributed by atoms with Gasteiger partial charge in [0.15, 0.2) is 0 Å². The first-order valence-electron chi connectivity index (χ1n) is 5.23. The van der Waals surface area contributed by atoms with Crippen LogP contribution in [-0.4, -0.2) is 28.5 Å². The quantitative estimate of drug-likeness (QED) is 0.675. The van der Waals surface area contributed by atoms with E-state index in [4.69, 9.17) is 10.8 Å². The Labute approximate surface area is 98.8 Å². The minimum absolute atomic E-state index is 0.182. The third kappa shape index (κ3) is 4.10. The van der Waals surface area contributed by atoms with Gasteiger partial charge < -0.3 is 16.2 Å². The Balaban J connectivity index is 2.49. The number of anilines is 1. The van der Waals surface area contributed by atoms with Crippen LogP contribution < -0.4 is 11.1 Å². The summed E-state index contributed by atoms with van der Waals surface area (Å²) < 4.78 is 0. The third-order valence-electron chi connectivity index (χ3n) is 2.34. The predicted molar refractivity (Wildman–Crippen MR) is 62.7 cm³/mol. The van der Waals surface area contributed by atoms with Crippen LogP contribution in [-0.2, 0) is 4.79 Å². The number of nitrogens with two attached hydrogens (primary N) is 1. The first-order chi connectivity index (χ1) is 8.00. The first-order valence-corrected chi connectivity index (χ1v) is 5.23. The normalized spacial score (nSPS) is 11.8. The maximum Gasteiger partial charge on any atom is 0.306 e. The molecule has 4 N–H and O–H groups in total. The maximum absolute atomic E-state index is 10.9. The molecule has 0 spiro atoms. The fraction of sp³-hybridized carbons (Fsp3) is 0.364. The number of aromatic nitrogens is 1. The molecule has 0 aliphatic rings. The summed E-state index contributed by atoms with van der Waals surface area (Å²) in [4.78, 5) is 25.3. The molecule has 6 heteroatoms. The van der Waals surface area contributed by atoms with Gasteiger partial charge in [-0.05, 0) is 18.6 Å². The van der Waals surface area contributed by atoms with Crippen molar-refractivity contribution >= 4 is 17.6 Å². The standard InChI is InChI=1S/C11H15N3O3/c1-7(11(16)17)2-4-13-8-3-5-14-9(6-8)10(12)15/h3,5-7H,2,4H2,1H3,(H2,12,15)(H,13,14)(H,16,17). The molecule has 0 bridgehead atoms.